The molecule has 2 heterocycles. The van der Waals surface area contributed by atoms with Gasteiger partial charge in [0, 0.05) is 24.1 Å². The van der Waals surface area contributed by atoms with Crippen molar-refractivity contribution < 1.29 is 29.2 Å². The number of carboxylic acids is 1. The molecule has 182 valence electrons. The number of rotatable bonds is 8. The monoisotopic (exact) mass is 467 g/mol. The second-order valence-corrected chi connectivity index (χ2v) is 9.17. The molecule has 7 heteroatoms. The Hall–Kier alpha value is -3.03. The predicted molar refractivity (Wildman–Crippen MR) is 128 cm³/mol. The van der Waals surface area contributed by atoms with Crippen LogP contribution in [-0.4, -0.2) is 54.2 Å². The van der Waals surface area contributed by atoms with E-state index in [4.69, 9.17) is 14.2 Å². The number of carboxylic acid groups (broad SMARTS) is 1. The van der Waals surface area contributed by atoms with Gasteiger partial charge in [-0.3, -0.25) is 9.69 Å². The minimum absolute atomic E-state index is 0.0500. The lowest BCUT2D eigenvalue weighted by molar-refractivity contribution is -0.143. The number of fused-ring (bicyclic) bond motifs is 1. The fourth-order valence-electron chi connectivity index (χ4n) is 5.06. The molecule has 4 rings (SSSR count). The molecule has 0 saturated carbocycles. The fourth-order valence-corrected chi connectivity index (χ4v) is 5.06. The molecule has 1 fully saturated rings. The third-order valence-corrected chi connectivity index (χ3v) is 6.59. The Morgan fingerprint density at radius 3 is 2.65 bits per heavy atom. The standard InChI is InChI=1S/C27H33NO6/c1-17(2)7-4-5-14-28-15-21(20-8-6-9-22-26(20)34-23(29)16-33-22)24(27(30)31)25(28)18-10-12-19(32-3)13-11-18/h6-13,21,23-25,29H,4-5,14-16H2,1-3H3,(H,30,31). The van der Waals surface area contributed by atoms with Crippen LogP contribution in [0, 0.1) is 5.92 Å². The van der Waals surface area contributed by atoms with Crippen LogP contribution in [0.4, 0.5) is 0 Å². The van der Waals surface area contributed by atoms with Gasteiger partial charge in [0.2, 0.25) is 6.29 Å². The summed E-state index contributed by atoms with van der Waals surface area (Å²) in [6.45, 7) is 5.56. The van der Waals surface area contributed by atoms with Gasteiger partial charge in [-0.25, -0.2) is 0 Å². The summed E-state index contributed by atoms with van der Waals surface area (Å²) in [7, 11) is 1.62. The number of aliphatic carboxylic acids is 1. The van der Waals surface area contributed by atoms with Crippen LogP contribution in [0.3, 0.4) is 0 Å². The van der Waals surface area contributed by atoms with Crippen LogP contribution in [0.2, 0.25) is 0 Å². The van der Waals surface area contributed by atoms with Crippen molar-refractivity contribution in [1.82, 2.24) is 4.90 Å². The number of methoxy groups -OCH3 is 1. The van der Waals surface area contributed by atoms with Gasteiger partial charge < -0.3 is 24.4 Å². The molecule has 0 spiro atoms. The predicted octanol–water partition coefficient (Wildman–Crippen LogP) is 4.37. The van der Waals surface area contributed by atoms with Gasteiger partial charge in [0.05, 0.1) is 13.0 Å². The van der Waals surface area contributed by atoms with E-state index in [1.807, 2.05) is 36.4 Å². The molecule has 7 nitrogen and oxygen atoms in total. The summed E-state index contributed by atoms with van der Waals surface area (Å²) in [6, 6.07) is 12.9. The molecule has 2 aromatic carbocycles. The molecular weight excluding hydrogens is 434 g/mol. The van der Waals surface area contributed by atoms with E-state index in [1.165, 1.54) is 5.57 Å². The zero-order chi connectivity index (χ0) is 24.2. The van der Waals surface area contributed by atoms with Crippen molar-refractivity contribution in [3.05, 3.63) is 65.2 Å². The number of hydrogen-bond donors (Lipinski definition) is 2. The van der Waals surface area contributed by atoms with Crippen molar-refractivity contribution >= 4 is 5.97 Å². The number of para-hydroxylation sites is 1. The lowest BCUT2D eigenvalue weighted by Crippen LogP contribution is -2.30. The van der Waals surface area contributed by atoms with Gasteiger partial charge in [-0.15, -0.1) is 0 Å². The number of unbranched alkanes of at least 4 members (excludes halogenated alkanes) is 1. The summed E-state index contributed by atoms with van der Waals surface area (Å²) in [5.74, 6) is -0.153. The number of ether oxygens (including phenoxy) is 3. The Bertz CT molecular complexity index is 1030. The van der Waals surface area contributed by atoms with Crippen molar-refractivity contribution in [2.24, 2.45) is 5.92 Å². The second-order valence-electron chi connectivity index (χ2n) is 9.17. The average molecular weight is 468 g/mol. The van der Waals surface area contributed by atoms with Gasteiger partial charge in [0.15, 0.2) is 18.1 Å². The van der Waals surface area contributed by atoms with Crippen LogP contribution in [0.5, 0.6) is 17.2 Å². The summed E-state index contributed by atoms with van der Waals surface area (Å²) in [5.41, 5.74) is 2.98. The molecular formula is C27H33NO6. The van der Waals surface area contributed by atoms with Crippen molar-refractivity contribution in [1.29, 1.82) is 0 Å². The highest BCUT2D eigenvalue weighted by atomic mass is 16.7. The Morgan fingerprint density at radius 2 is 1.97 bits per heavy atom. The quantitative estimate of drug-likeness (QED) is 0.440. The van der Waals surface area contributed by atoms with Crippen molar-refractivity contribution in [3.8, 4) is 17.2 Å². The van der Waals surface area contributed by atoms with Gasteiger partial charge in [0.25, 0.3) is 0 Å². The van der Waals surface area contributed by atoms with Crippen LogP contribution >= 0.6 is 0 Å². The Balaban J connectivity index is 1.71. The first-order valence-electron chi connectivity index (χ1n) is 11.7. The first kappa shape index (κ1) is 24.1. The highest BCUT2D eigenvalue weighted by Gasteiger charge is 2.48. The maximum atomic E-state index is 12.7. The number of hydrogen-bond acceptors (Lipinski definition) is 6. The summed E-state index contributed by atoms with van der Waals surface area (Å²) >= 11 is 0. The molecule has 4 atom stereocenters. The summed E-state index contributed by atoms with van der Waals surface area (Å²) in [4.78, 5) is 15.0. The highest BCUT2D eigenvalue weighted by Crippen LogP contribution is 2.50. The molecule has 2 aliphatic rings. The minimum Gasteiger partial charge on any atom is -0.497 e. The number of benzene rings is 2. The Morgan fingerprint density at radius 1 is 1.21 bits per heavy atom. The molecule has 0 aromatic heterocycles. The summed E-state index contributed by atoms with van der Waals surface area (Å²) in [6.07, 6.45) is 3.02. The van der Waals surface area contributed by atoms with E-state index in [-0.39, 0.29) is 18.6 Å². The normalized spacial score (nSPS) is 24.0. The van der Waals surface area contributed by atoms with Crippen molar-refractivity contribution in [3.63, 3.8) is 0 Å². The zero-order valence-electron chi connectivity index (χ0n) is 19.9. The van der Waals surface area contributed by atoms with E-state index < -0.39 is 18.2 Å². The van der Waals surface area contributed by atoms with Gasteiger partial charge in [-0.1, -0.05) is 35.9 Å². The maximum absolute atomic E-state index is 12.7. The molecule has 2 N–H and O–H groups in total. The first-order chi connectivity index (χ1) is 16.4. The maximum Gasteiger partial charge on any atom is 0.309 e. The van der Waals surface area contributed by atoms with Crippen LogP contribution in [0.1, 0.15) is 49.8 Å². The third-order valence-electron chi connectivity index (χ3n) is 6.59. The van der Waals surface area contributed by atoms with Gasteiger partial charge in [-0.2, -0.15) is 0 Å². The summed E-state index contributed by atoms with van der Waals surface area (Å²) in [5, 5.41) is 20.4. The molecule has 2 aromatic rings. The number of carbonyl (C=O) groups is 1. The molecule has 4 unspecified atom stereocenters. The fraction of sp³-hybridized carbons (Fsp3) is 0.444. The molecule has 1 saturated heterocycles. The van der Waals surface area contributed by atoms with Gasteiger partial charge >= 0.3 is 5.97 Å². The number of allylic oxidation sites excluding steroid dienone is 2. The van der Waals surface area contributed by atoms with E-state index in [1.54, 1.807) is 13.2 Å². The van der Waals surface area contributed by atoms with E-state index in [0.717, 1.165) is 36.3 Å². The molecule has 0 aliphatic carbocycles. The van der Waals surface area contributed by atoms with E-state index >= 15 is 0 Å². The van der Waals surface area contributed by atoms with E-state index in [2.05, 4.69) is 24.8 Å². The largest absolute Gasteiger partial charge is 0.497 e. The SMILES string of the molecule is COc1ccc(C2C(C(=O)O)C(c3cccc4c3OC(O)CO4)CN2CCCC=C(C)C)cc1. The van der Waals surface area contributed by atoms with Gasteiger partial charge in [-0.05, 0) is 57.0 Å². The number of aliphatic hydroxyl groups excluding tert-OH is 1. The first-order valence-corrected chi connectivity index (χ1v) is 11.7. The number of likely N-dealkylation sites (tertiary alicyclic amines) is 1. The molecule has 0 bridgehead atoms. The lowest BCUT2D eigenvalue weighted by Gasteiger charge is -2.28. The van der Waals surface area contributed by atoms with Crippen LogP contribution in [0.15, 0.2) is 54.1 Å². The topological polar surface area (TPSA) is 88.5 Å². The molecule has 2 aliphatic heterocycles. The smallest absolute Gasteiger partial charge is 0.309 e. The lowest BCUT2D eigenvalue weighted by atomic mass is 9.82. The van der Waals surface area contributed by atoms with Gasteiger partial charge in [0.1, 0.15) is 5.75 Å². The number of aliphatic hydroxyl groups is 1. The van der Waals surface area contributed by atoms with E-state index in [0.29, 0.717) is 18.0 Å². The minimum atomic E-state index is -1.07. The van der Waals surface area contributed by atoms with Crippen LogP contribution < -0.4 is 14.2 Å². The second kappa shape index (κ2) is 10.5. The number of nitrogens with zero attached hydrogens (tertiary/aromatic N) is 1. The average Bonchev–Trinajstić information content (AvgIpc) is 3.21. The van der Waals surface area contributed by atoms with Crippen molar-refractivity contribution in [2.75, 3.05) is 26.8 Å². The zero-order valence-corrected chi connectivity index (χ0v) is 19.9. The molecule has 0 radical (unpaired) electrons. The molecule has 0 amide bonds. The third kappa shape index (κ3) is 5.05. The Kier molecular flexibility index (Phi) is 7.44. The van der Waals surface area contributed by atoms with Crippen LogP contribution in [0.25, 0.3) is 0 Å². The summed E-state index contributed by atoms with van der Waals surface area (Å²) < 4.78 is 16.7. The Labute approximate surface area is 200 Å². The highest BCUT2D eigenvalue weighted by molar-refractivity contribution is 5.74. The van der Waals surface area contributed by atoms with Crippen molar-refractivity contribution in [2.45, 2.75) is 44.9 Å². The van der Waals surface area contributed by atoms with E-state index in [9.17, 15) is 15.0 Å². The molecule has 34 heavy (non-hydrogen) atoms. The van der Waals surface area contributed by atoms with Crippen LogP contribution in [-0.2, 0) is 4.79 Å².